The summed E-state index contributed by atoms with van der Waals surface area (Å²) in [7, 11) is 3.40. The van der Waals surface area contributed by atoms with Gasteiger partial charge in [-0.15, -0.1) is 0 Å². The van der Waals surface area contributed by atoms with Gasteiger partial charge in [-0.1, -0.05) is 72.8 Å². The minimum Gasteiger partial charge on any atom is -0.496 e. The first-order chi connectivity index (χ1) is 19.0. The maximum atomic E-state index is 6.56. The molecule has 0 bridgehead atoms. The first-order valence-electron chi connectivity index (χ1n) is 13.6. The zero-order valence-corrected chi connectivity index (χ0v) is 24.9. The second-order valence-electron chi connectivity index (χ2n) is 11.6. The Balaban J connectivity index is 2.25. The predicted octanol–water partition coefficient (Wildman–Crippen LogP) is 9.07. The van der Waals surface area contributed by atoms with Gasteiger partial charge in [0.25, 0.3) is 0 Å². The largest absolute Gasteiger partial charge is 0.496 e. The lowest BCUT2D eigenvalue weighted by Gasteiger charge is -2.28. The third-order valence-corrected chi connectivity index (χ3v) is 6.15. The highest BCUT2D eigenvalue weighted by Crippen LogP contribution is 2.47. The van der Waals surface area contributed by atoms with Crippen molar-refractivity contribution in [3.63, 3.8) is 0 Å². The van der Waals surface area contributed by atoms with E-state index >= 15 is 0 Å². The molecule has 0 saturated carbocycles. The van der Waals surface area contributed by atoms with Crippen molar-refractivity contribution < 1.29 is 18.9 Å². The SMILES string of the molecule is COc1ccccc1/C(=C(/c1ccccc1OC)c1ccccc1OC(C)(C)C)c1ccccc1OC(C)(C)C. The van der Waals surface area contributed by atoms with E-state index in [1.807, 2.05) is 72.8 Å². The van der Waals surface area contributed by atoms with Gasteiger partial charge in [0.2, 0.25) is 0 Å². The first-order valence-corrected chi connectivity index (χ1v) is 13.6. The molecule has 0 unspecified atom stereocenters. The number of hydrogen-bond acceptors (Lipinski definition) is 4. The van der Waals surface area contributed by atoms with Crippen molar-refractivity contribution in [2.24, 2.45) is 0 Å². The van der Waals surface area contributed by atoms with Crippen molar-refractivity contribution in [2.75, 3.05) is 14.2 Å². The highest BCUT2D eigenvalue weighted by atomic mass is 16.5. The van der Waals surface area contributed by atoms with Crippen LogP contribution in [-0.4, -0.2) is 25.4 Å². The molecule has 0 amide bonds. The molecule has 0 N–H and O–H groups in total. The van der Waals surface area contributed by atoms with Gasteiger partial charge in [0.15, 0.2) is 0 Å². The lowest BCUT2D eigenvalue weighted by molar-refractivity contribution is 0.130. The number of methoxy groups -OCH3 is 2. The monoisotopic (exact) mass is 536 g/mol. The molecule has 4 aromatic carbocycles. The molecule has 0 saturated heterocycles. The minimum absolute atomic E-state index is 0.403. The summed E-state index contributed by atoms with van der Waals surface area (Å²) in [5.41, 5.74) is 4.84. The standard InChI is InChI=1S/C36H40O4/c1-35(2,3)39-31-23-15-11-19-27(31)33(25-17-9-13-21-29(25)37-7)34(26-18-10-14-22-30(26)38-8)28-20-12-16-24-32(28)40-36(4,5)6/h9-24H,1-8H3/b34-33+. The van der Waals surface area contributed by atoms with Gasteiger partial charge >= 0.3 is 0 Å². The zero-order chi connectivity index (χ0) is 28.9. The average molecular weight is 537 g/mol. The maximum absolute atomic E-state index is 6.56. The number of hydrogen-bond donors (Lipinski definition) is 0. The molecule has 4 nitrogen and oxygen atoms in total. The molecule has 0 aliphatic carbocycles. The molecule has 4 rings (SSSR count). The molecule has 0 aromatic heterocycles. The number of para-hydroxylation sites is 4. The van der Waals surface area contributed by atoms with Gasteiger partial charge in [-0.05, 0) is 65.8 Å². The lowest BCUT2D eigenvalue weighted by Crippen LogP contribution is -2.24. The van der Waals surface area contributed by atoms with Crippen LogP contribution in [0, 0.1) is 0 Å². The van der Waals surface area contributed by atoms with Crippen LogP contribution in [0.2, 0.25) is 0 Å². The average Bonchev–Trinajstić information content (AvgIpc) is 2.91. The van der Waals surface area contributed by atoms with E-state index in [1.54, 1.807) is 14.2 Å². The summed E-state index contributed by atoms with van der Waals surface area (Å²) in [6.45, 7) is 12.4. The van der Waals surface area contributed by atoms with E-state index in [1.165, 1.54) is 0 Å². The van der Waals surface area contributed by atoms with Crippen LogP contribution in [0.3, 0.4) is 0 Å². The summed E-state index contributed by atoms with van der Waals surface area (Å²) in [6, 6.07) is 32.5. The summed E-state index contributed by atoms with van der Waals surface area (Å²) in [4.78, 5) is 0. The number of benzene rings is 4. The number of rotatable bonds is 8. The molecular formula is C36H40O4. The van der Waals surface area contributed by atoms with Crippen molar-refractivity contribution in [2.45, 2.75) is 52.7 Å². The van der Waals surface area contributed by atoms with E-state index < -0.39 is 11.2 Å². The van der Waals surface area contributed by atoms with E-state index in [4.69, 9.17) is 18.9 Å². The maximum Gasteiger partial charge on any atom is 0.127 e. The quantitative estimate of drug-likeness (QED) is 0.211. The Labute approximate surface area is 239 Å². The highest BCUT2D eigenvalue weighted by molar-refractivity contribution is 6.08. The molecule has 4 aromatic rings. The van der Waals surface area contributed by atoms with E-state index in [2.05, 4.69) is 65.8 Å². The molecule has 0 atom stereocenters. The van der Waals surface area contributed by atoms with Crippen LogP contribution in [0.25, 0.3) is 11.1 Å². The molecule has 0 aliphatic heterocycles. The molecule has 0 fully saturated rings. The zero-order valence-electron chi connectivity index (χ0n) is 24.9. The van der Waals surface area contributed by atoms with Gasteiger partial charge in [0, 0.05) is 33.4 Å². The molecule has 0 heterocycles. The van der Waals surface area contributed by atoms with E-state index in [0.29, 0.717) is 0 Å². The lowest BCUT2D eigenvalue weighted by atomic mass is 9.84. The van der Waals surface area contributed by atoms with Gasteiger partial charge in [-0.25, -0.2) is 0 Å². The van der Waals surface area contributed by atoms with Crippen molar-refractivity contribution >= 4 is 11.1 Å². The van der Waals surface area contributed by atoms with E-state index in [-0.39, 0.29) is 0 Å². The highest BCUT2D eigenvalue weighted by Gasteiger charge is 2.27. The summed E-state index contributed by atoms with van der Waals surface area (Å²) >= 11 is 0. The third kappa shape index (κ3) is 6.69. The Morgan fingerprint density at radius 2 is 0.650 bits per heavy atom. The van der Waals surface area contributed by atoms with Gasteiger partial charge in [-0.3, -0.25) is 0 Å². The van der Waals surface area contributed by atoms with Crippen LogP contribution >= 0.6 is 0 Å². The second-order valence-corrected chi connectivity index (χ2v) is 11.6. The summed E-state index contributed by atoms with van der Waals surface area (Å²) in [5, 5.41) is 0. The Bertz CT molecular complexity index is 1370. The van der Waals surface area contributed by atoms with Gasteiger partial charge in [0.05, 0.1) is 14.2 Å². The van der Waals surface area contributed by atoms with Crippen LogP contribution in [0.15, 0.2) is 97.1 Å². The summed E-state index contributed by atoms with van der Waals surface area (Å²) in [5.74, 6) is 3.06. The normalized spacial score (nSPS) is 12.4. The van der Waals surface area contributed by atoms with Crippen molar-refractivity contribution in [1.82, 2.24) is 0 Å². The van der Waals surface area contributed by atoms with E-state index in [9.17, 15) is 0 Å². The summed E-state index contributed by atoms with van der Waals surface area (Å²) in [6.07, 6.45) is 0. The summed E-state index contributed by atoms with van der Waals surface area (Å²) < 4.78 is 25.0. The first kappa shape index (κ1) is 28.8. The van der Waals surface area contributed by atoms with Crippen LogP contribution in [0.5, 0.6) is 23.0 Å². The Kier molecular flexibility index (Phi) is 8.58. The van der Waals surface area contributed by atoms with Gasteiger partial charge in [0.1, 0.15) is 34.2 Å². The number of ether oxygens (including phenoxy) is 4. The van der Waals surface area contributed by atoms with Crippen LogP contribution in [0.4, 0.5) is 0 Å². The van der Waals surface area contributed by atoms with Crippen LogP contribution in [0.1, 0.15) is 63.8 Å². The topological polar surface area (TPSA) is 36.9 Å². The fourth-order valence-electron chi connectivity index (χ4n) is 4.72. The smallest absolute Gasteiger partial charge is 0.127 e. The molecule has 4 heteroatoms. The Hall–Kier alpha value is -4.18. The third-order valence-electron chi connectivity index (χ3n) is 6.15. The Morgan fingerprint density at radius 3 is 0.925 bits per heavy atom. The molecule has 208 valence electrons. The van der Waals surface area contributed by atoms with E-state index in [0.717, 1.165) is 56.4 Å². The second kappa shape index (κ2) is 11.9. The molecule has 40 heavy (non-hydrogen) atoms. The molecule has 0 spiro atoms. The fraction of sp³-hybridized carbons (Fsp3) is 0.278. The van der Waals surface area contributed by atoms with Crippen molar-refractivity contribution in [3.8, 4) is 23.0 Å². The van der Waals surface area contributed by atoms with Crippen molar-refractivity contribution in [3.05, 3.63) is 119 Å². The minimum atomic E-state index is -0.403. The molecule has 0 aliphatic rings. The van der Waals surface area contributed by atoms with Crippen LogP contribution < -0.4 is 18.9 Å². The molecular weight excluding hydrogens is 496 g/mol. The fourth-order valence-corrected chi connectivity index (χ4v) is 4.72. The van der Waals surface area contributed by atoms with Crippen LogP contribution in [-0.2, 0) is 0 Å². The van der Waals surface area contributed by atoms with Gasteiger partial charge < -0.3 is 18.9 Å². The molecule has 0 radical (unpaired) electrons. The Morgan fingerprint density at radius 1 is 0.400 bits per heavy atom. The van der Waals surface area contributed by atoms with Gasteiger partial charge in [-0.2, -0.15) is 0 Å². The van der Waals surface area contributed by atoms with Crippen molar-refractivity contribution in [1.29, 1.82) is 0 Å². The predicted molar refractivity (Wildman–Crippen MR) is 165 cm³/mol.